The minimum Gasteiger partial charge on any atom is -0.374 e. The number of nitrogens with one attached hydrogen (secondary N) is 1. The number of aromatic nitrogens is 2. The molecule has 1 aliphatic rings. The van der Waals surface area contributed by atoms with Gasteiger partial charge in [-0.05, 0) is 35.9 Å². The fraction of sp³-hybridized carbons (Fsp3) is 0.769. The highest BCUT2D eigenvalue weighted by Crippen LogP contribution is 2.27. The Labute approximate surface area is 123 Å². The van der Waals surface area contributed by atoms with Gasteiger partial charge in [-0.2, -0.15) is 5.10 Å². The van der Waals surface area contributed by atoms with Gasteiger partial charge in [-0.25, -0.2) is 0 Å². The van der Waals surface area contributed by atoms with Crippen molar-refractivity contribution in [3.05, 3.63) is 16.4 Å². The van der Waals surface area contributed by atoms with Crippen LogP contribution in [0.25, 0.3) is 0 Å². The van der Waals surface area contributed by atoms with Gasteiger partial charge < -0.3 is 10.1 Å². The zero-order valence-corrected chi connectivity index (χ0v) is 13.5. The van der Waals surface area contributed by atoms with E-state index in [1.807, 2.05) is 25.0 Å². The number of nitrogens with zero attached hydrogens (tertiary/aromatic N) is 3. The van der Waals surface area contributed by atoms with Crippen molar-refractivity contribution in [1.82, 2.24) is 20.0 Å². The SMILES string of the molecule is CCCN1CCOC(C(NC)c2c(Br)cnn2C)C1. The molecule has 2 heterocycles. The van der Waals surface area contributed by atoms with Crippen LogP contribution >= 0.6 is 15.9 Å². The predicted octanol–water partition coefficient (Wildman–Crippen LogP) is 1.55. The fourth-order valence-corrected chi connectivity index (χ4v) is 3.32. The van der Waals surface area contributed by atoms with Crippen LogP contribution in [-0.2, 0) is 11.8 Å². The Bertz CT molecular complexity index is 388. The Morgan fingerprint density at radius 1 is 1.63 bits per heavy atom. The summed E-state index contributed by atoms with van der Waals surface area (Å²) in [5, 5.41) is 7.67. The zero-order chi connectivity index (χ0) is 13.8. The van der Waals surface area contributed by atoms with E-state index in [4.69, 9.17) is 4.74 Å². The van der Waals surface area contributed by atoms with Gasteiger partial charge in [-0.3, -0.25) is 9.58 Å². The molecular formula is C13H23BrN4O. The van der Waals surface area contributed by atoms with Crippen molar-refractivity contribution in [2.24, 2.45) is 7.05 Å². The summed E-state index contributed by atoms with van der Waals surface area (Å²) in [7, 11) is 3.95. The van der Waals surface area contributed by atoms with E-state index >= 15 is 0 Å². The molecule has 1 fully saturated rings. The smallest absolute Gasteiger partial charge is 0.0912 e. The lowest BCUT2D eigenvalue weighted by molar-refractivity contribution is -0.0472. The molecule has 1 aromatic heterocycles. The van der Waals surface area contributed by atoms with E-state index < -0.39 is 0 Å². The lowest BCUT2D eigenvalue weighted by atomic mass is 10.1. The summed E-state index contributed by atoms with van der Waals surface area (Å²) in [5.41, 5.74) is 1.14. The van der Waals surface area contributed by atoms with Gasteiger partial charge in [0.2, 0.25) is 0 Å². The largest absolute Gasteiger partial charge is 0.374 e. The van der Waals surface area contributed by atoms with E-state index in [2.05, 4.69) is 38.2 Å². The van der Waals surface area contributed by atoms with Crippen LogP contribution in [0.2, 0.25) is 0 Å². The maximum absolute atomic E-state index is 5.98. The van der Waals surface area contributed by atoms with Crippen molar-refractivity contribution in [3.8, 4) is 0 Å². The molecule has 6 heteroatoms. The number of rotatable bonds is 5. The fourth-order valence-electron chi connectivity index (χ4n) is 2.72. The van der Waals surface area contributed by atoms with Crippen LogP contribution in [0.3, 0.4) is 0 Å². The van der Waals surface area contributed by atoms with E-state index in [9.17, 15) is 0 Å². The first-order valence-corrected chi connectivity index (χ1v) is 7.65. The van der Waals surface area contributed by atoms with Crippen LogP contribution in [0.4, 0.5) is 0 Å². The topological polar surface area (TPSA) is 42.3 Å². The second-order valence-corrected chi connectivity index (χ2v) is 5.83. The number of halogens is 1. The van der Waals surface area contributed by atoms with E-state index in [1.54, 1.807) is 0 Å². The van der Waals surface area contributed by atoms with Gasteiger partial charge in [0.15, 0.2) is 0 Å². The molecule has 0 bridgehead atoms. The Balaban J connectivity index is 2.13. The first-order chi connectivity index (χ1) is 9.17. The maximum Gasteiger partial charge on any atom is 0.0912 e. The van der Waals surface area contributed by atoms with Gasteiger partial charge >= 0.3 is 0 Å². The molecule has 5 nitrogen and oxygen atoms in total. The molecule has 0 spiro atoms. The summed E-state index contributed by atoms with van der Waals surface area (Å²) >= 11 is 3.58. The summed E-state index contributed by atoms with van der Waals surface area (Å²) in [6.45, 7) is 6.17. The molecule has 0 aliphatic carbocycles. The molecule has 19 heavy (non-hydrogen) atoms. The molecule has 2 rings (SSSR count). The van der Waals surface area contributed by atoms with Gasteiger partial charge in [-0.15, -0.1) is 0 Å². The molecule has 1 aromatic rings. The number of aryl methyl sites for hydroxylation is 1. The van der Waals surface area contributed by atoms with Crippen molar-refractivity contribution < 1.29 is 4.74 Å². The third-order valence-electron chi connectivity index (χ3n) is 3.63. The third kappa shape index (κ3) is 3.37. The van der Waals surface area contributed by atoms with Crippen molar-refractivity contribution in [3.63, 3.8) is 0 Å². The Morgan fingerprint density at radius 2 is 2.42 bits per heavy atom. The van der Waals surface area contributed by atoms with Gasteiger partial charge in [0.25, 0.3) is 0 Å². The average Bonchev–Trinajstić information content (AvgIpc) is 2.73. The molecule has 1 saturated heterocycles. The minimum atomic E-state index is 0.154. The summed E-state index contributed by atoms with van der Waals surface area (Å²) in [5.74, 6) is 0. The van der Waals surface area contributed by atoms with E-state index in [0.717, 1.165) is 36.4 Å². The van der Waals surface area contributed by atoms with Crippen LogP contribution in [0.5, 0.6) is 0 Å². The Kier molecular flexibility index (Phi) is 5.38. The van der Waals surface area contributed by atoms with Crippen molar-refractivity contribution in [1.29, 1.82) is 0 Å². The summed E-state index contributed by atoms with van der Waals surface area (Å²) in [6.07, 6.45) is 3.19. The van der Waals surface area contributed by atoms with Crippen molar-refractivity contribution in [2.45, 2.75) is 25.5 Å². The third-order valence-corrected chi connectivity index (χ3v) is 4.24. The number of morpholine rings is 1. The lowest BCUT2D eigenvalue weighted by Crippen LogP contribution is -2.48. The number of ether oxygens (including phenoxy) is 1. The lowest BCUT2D eigenvalue weighted by Gasteiger charge is -2.37. The molecule has 0 amide bonds. The van der Waals surface area contributed by atoms with Gasteiger partial charge in [0, 0.05) is 20.1 Å². The molecule has 0 radical (unpaired) electrons. The van der Waals surface area contributed by atoms with Gasteiger partial charge in [0.05, 0.1) is 35.1 Å². The molecule has 1 N–H and O–H groups in total. The summed E-state index contributed by atoms with van der Waals surface area (Å²) < 4.78 is 8.92. The van der Waals surface area contributed by atoms with Crippen LogP contribution in [0, 0.1) is 0 Å². The molecule has 2 unspecified atom stereocenters. The minimum absolute atomic E-state index is 0.154. The van der Waals surface area contributed by atoms with Crippen LogP contribution in [-0.4, -0.2) is 54.1 Å². The maximum atomic E-state index is 5.98. The monoisotopic (exact) mass is 330 g/mol. The summed E-state index contributed by atoms with van der Waals surface area (Å²) in [4.78, 5) is 2.47. The standard InChI is InChI=1S/C13H23BrN4O/c1-4-5-18-6-7-19-11(9-18)12(15-2)13-10(14)8-16-17(13)3/h8,11-12,15H,4-7,9H2,1-3H3. The zero-order valence-electron chi connectivity index (χ0n) is 11.9. The van der Waals surface area contributed by atoms with Crippen molar-refractivity contribution >= 4 is 15.9 Å². The van der Waals surface area contributed by atoms with Gasteiger partial charge in [0.1, 0.15) is 0 Å². The molecular weight excluding hydrogens is 308 g/mol. The number of hydrogen-bond acceptors (Lipinski definition) is 4. The predicted molar refractivity (Wildman–Crippen MR) is 79.2 cm³/mol. The average molecular weight is 331 g/mol. The number of likely N-dealkylation sites (N-methyl/N-ethyl adjacent to an activating group) is 1. The highest BCUT2D eigenvalue weighted by Gasteiger charge is 2.31. The second kappa shape index (κ2) is 6.83. The normalized spacial score (nSPS) is 22.6. The van der Waals surface area contributed by atoms with Crippen LogP contribution in [0.15, 0.2) is 10.7 Å². The highest BCUT2D eigenvalue weighted by atomic mass is 79.9. The van der Waals surface area contributed by atoms with E-state index in [-0.39, 0.29) is 12.1 Å². The molecule has 0 aromatic carbocycles. The van der Waals surface area contributed by atoms with Gasteiger partial charge in [-0.1, -0.05) is 6.92 Å². The van der Waals surface area contributed by atoms with E-state index in [0.29, 0.717) is 0 Å². The first-order valence-electron chi connectivity index (χ1n) is 6.86. The van der Waals surface area contributed by atoms with E-state index in [1.165, 1.54) is 6.42 Å². The Hall–Kier alpha value is -0.430. The van der Waals surface area contributed by atoms with Crippen molar-refractivity contribution in [2.75, 3.05) is 33.3 Å². The molecule has 0 saturated carbocycles. The Morgan fingerprint density at radius 3 is 3.00 bits per heavy atom. The second-order valence-electron chi connectivity index (χ2n) is 4.98. The quantitative estimate of drug-likeness (QED) is 0.889. The number of hydrogen-bond donors (Lipinski definition) is 1. The molecule has 2 atom stereocenters. The van der Waals surface area contributed by atoms with Crippen LogP contribution in [0.1, 0.15) is 25.1 Å². The highest BCUT2D eigenvalue weighted by molar-refractivity contribution is 9.10. The first kappa shape index (κ1) is 15.0. The summed E-state index contributed by atoms with van der Waals surface area (Å²) in [6, 6.07) is 0.154. The molecule has 1 aliphatic heterocycles. The van der Waals surface area contributed by atoms with Crippen LogP contribution < -0.4 is 5.32 Å². The molecule has 108 valence electrons.